The summed E-state index contributed by atoms with van der Waals surface area (Å²) in [5.74, 6) is 1.01. The summed E-state index contributed by atoms with van der Waals surface area (Å²) in [4.78, 5) is 42.4. The van der Waals surface area contributed by atoms with E-state index in [2.05, 4.69) is 45.5 Å². The summed E-state index contributed by atoms with van der Waals surface area (Å²) in [6.07, 6.45) is 6.18. The van der Waals surface area contributed by atoms with Gasteiger partial charge in [0.15, 0.2) is 19.8 Å². The highest BCUT2D eigenvalue weighted by Gasteiger charge is 2.39. The molecule has 5 rings (SSSR count). The van der Waals surface area contributed by atoms with Gasteiger partial charge in [0.05, 0.1) is 71.0 Å². The third kappa shape index (κ3) is 15.0. The standard InChI is InChI=1S/C52H74N4O12Si/c1-12-39-19-34(2)28-55(39)51(59)43-25-47(60-8)48(27-45(43)54)67-31-38-22-37(23-41(24-38)65-18-17-63-14-13-62-15-16-64-33-49(57)61-9)30-66-46-26-44(53)42(21-36(46)4)50(58)56-29-35(3)20-40(56)32-68-69(10,11)52(5,6)7/h21-29,39-40H,12-20,30-33,53-54H2,1-11H3/t39-,40+/m1/s1. The summed E-state index contributed by atoms with van der Waals surface area (Å²) in [6, 6.07) is 12.4. The van der Waals surface area contributed by atoms with E-state index in [0.717, 1.165) is 47.1 Å². The number of amides is 2. The number of anilines is 2. The maximum Gasteiger partial charge on any atom is 0.331 e. The molecule has 3 aromatic rings. The first-order chi connectivity index (χ1) is 32.7. The normalized spacial score (nSPS) is 16.0. The fraction of sp³-hybridized carbons (Fsp3) is 0.519. The van der Waals surface area contributed by atoms with Gasteiger partial charge in [0, 0.05) is 41.9 Å². The van der Waals surface area contributed by atoms with Gasteiger partial charge in [0.25, 0.3) is 11.8 Å². The number of nitrogen functional groups attached to an aromatic ring is 2. The Hall–Kier alpha value is -5.59. The zero-order valence-electron chi connectivity index (χ0n) is 42.5. The second-order valence-electron chi connectivity index (χ2n) is 19.1. The van der Waals surface area contributed by atoms with Crippen molar-refractivity contribution in [1.82, 2.24) is 9.80 Å². The van der Waals surface area contributed by atoms with Crippen LogP contribution in [0, 0.1) is 6.92 Å². The lowest BCUT2D eigenvalue weighted by molar-refractivity contribution is -0.146. The topological polar surface area (TPSA) is 193 Å². The van der Waals surface area contributed by atoms with E-state index in [1.807, 2.05) is 51.4 Å². The van der Waals surface area contributed by atoms with Crippen LogP contribution in [0.5, 0.6) is 23.0 Å². The van der Waals surface area contributed by atoms with Gasteiger partial charge < -0.3 is 63.6 Å². The van der Waals surface area contributed by atoms with Gasteiger partial charge in [-0.25, -0.2) is 4.79 Å². The molecule has 4 N–H and O–H groups in total. The van der Waals surface area contributed by atoms with Crippen molar-refractivity contribution in [3.05, 3.63) is 93.8 Å². The fourth-order valence-electron chi connectivity index (χ4n) is 7.71. The van der Waals surface area contributed by atoms with Crippen LogP contribution in [0.2, 0.25) is 18.1 Å². The van der Waals surface area contributed by atoms with Crippen LogP contribution in [-0.2, 0) is 41.4 Å². The second kappa shape index (κ2) is 24.8. The molecule has 2 amide bonds. The van der Waals surface area contributed by atoms with Crippen molar-refractivity contribution >= 4 is 37.5 Å². The molecule has 2 heterocycles. The van der Waals surface area contributed by atoms with Crippen molar-refractivity contribution in [3.8, 4) is 23.0 Å². The van der Waals surface area contributed by atoms with E-state index >= 15 is 0 Å². The van der Waals surface area contributed by atoms with Crippen LogP contribution in [0.1, 0.15) is 98.2 Å². The zero-order valence-corrected chi connectivity index (χ0v) is 43.5. The number of aryl methyl sites for hydroxylation is 1. The quantitative estimate of drug-likeness (QED) is 0.0355. The van der Waals surface area contributed by atoms with Crippen molar-refractivity contribution < 1.29 is 56.7 Å². The first-order valence-electron chi connectivity index (χ1n) is 23.6. The molecule has 2 aliphatic heterocycles. The van der Waals surface area contributed by atoms with Crippen molar-refractivity contribution in [3.63, 3.8) is 0 Å². The van der Waals surface area contributed by atoms with Gasteiger partial charge in [-0.15, -0.1) is 0 Å². The Morgan fingerprint density at radius 1 is 0.667 bits per heavy atom. The van der Waals surface area contributed by atoms with Crippen LogP contribution in [0.4, 0.5) is 11.4 Å². The zero-order chi connectivity index (χ0) is 50.5. The Morgan fingerprint density at radius 3 is 1.75 bits per heavy atom. The molecular formula is C52H74N4O12Si. The highest BCUT2D eigenvalue weighted by molar-refractivity contribution is 6.74. The van der Waals surface area contributed by atoms with Crippen molar-refractivity contribution in [1.29, 1.82) is 0 Å². The van der Waals surface area contributed by atoms with Gasteiger partial charge in [-0.3, -0.25) is 9.59 Å². The average Bonchev–Trinajstić information content (AvgIpc) is 3.89. The Bertz CT molecular complexity index is 2330. The number of methoxy groups -OCH3 is 2. The number of carbonyl (C=O) groups excluding carboxylic acids is 3. The Labute approximate surface area is 409 Å². The minimum absolute atomic E-state index is 0.0475. The second-order valence-corrected chi connectivity index (χ2v) is 23.9. The number of nitrogens with two attached hydrogens (primary N) is 2. The molecule has 378 valence electrons. The van der Waals surface area contributed by atoms with Crippen LogP contribution in [0.15, 0.2) is 66.0 Å². The molecule has 17 heteroatoms. The van der Waals surface area contributed by atoms with Crippen molar-refractivity contribution in [2.75, 3.05) is 78.5 Å². The summed E-state index contributed by atoms with van der Waals surface area (Å²) in [6.45, 7) is 21.4. The SMILES string of the molecule is CC[C@@H]1CC(C)=CN1C(=O)c1cc(OC)c(OCc2cc(COc3cc(N)c(C(=O)N4C=C(C)C[C@H]4CO[Si](C)(C)C(C)(C)C)cc3C)cc(OCCOCCOCCOCC(=O)OC)c2)cc1N. The lowest BCUT2D eigenvalue weighted by Crippen LogP contribution is -2.45. The van der Waals surface area contributed by atoms with Gasteiger partial charge in [-0.2, -0.15) is 0 Å². The lowest BCUT2D eigenvalue weighted by Gasteiger charge is -2.38. The molecule has 2 aliphatic rings. The smallest absolute Gasteiger partial charge is 0.331 e. The summed E-state index contributed by atoms with van der Waals surface area (Å²) in [5.41, 5.74) is 19.0. The maximum absolute atomic E-state index is 14.1. The molecular weight excluding hydrogens is 901 g/mol. The summed E-state index contributed by atoms with van der Waals surface area (Å²) >= 11 is 0. The van der Waals surface area contributed by atoms with Gasteiger partial charge in [-0.05, 0) is 105 Å². The molecule has 2 atom stereocenters. The molecule has 0 saturated heterocycles. The molecule has 0 spiro atoms. The van der Waals surface area contributed by atoms with Crippen LogP contribution in [0.25, 0.3) is 0 Å². The third-order valence-electron chi connectivity index (χ3n) is 12.7. The van der Waals surface area contributed by atoms with E-state index in [4.69, 9.17) is 49.1 Å². The van der Waals surface area contributed by atoms with Gasteiger partial charge in [0.2, 0.25) is 0 Å². The minimum Gasteiger partial charge on any atom is -0.493 e. The Kier molecular flexibility index (Phi) is 19.5. The first kappa shape index (κ1) is 54.3. The van der Waals surface area contributed by atoms with E-state index in [1.54, 1.807) is 34.1 Å². The van der Waals surface area contributed by atoms with E-state index in [9.17, 15) is 14.4 Å². The largest absolute Gasteiger partial charge is 0.493 e. The van der Waals surface area contributed by atoms with E-state index in [1.165, 1.54) is 14.2 Å². The van der Waals surface area contributed by atoms with Crippen LogP contribution in [0.3, 0.4) is 0 Å². The van der Waals surface area contributed by atoms with Crippen LogP contribution in [-0.4, -0.2) is 115 Å². The molecule has 0 aliphatic carbocycles. The highest BCUT2D eigenvalue weighted by Crippen LogP contribution is 2.39. The molecule has 0 aromatic heterocycles. The molecule has 16 nitrogen and oxygen atoms in total. The number of hydrogen-bond acceptors (Lipinski definition) is 14. The Morgan fingerprint density at radius 2 is 1.19 bits per heavy atom. The molecule has 0 unspecified atom stereocenters. The summed E-state index contributed by atoms with van der Waals surface area (Å²) < 4.78 is 52.1. The fourth-order valence-corrected chi connectivity index (χ4v) is 8.75. The van der Waals surface area contributed by atoms with Gasteiger partial charge >= 0.3 is 5.97 Å². The molecule has 0 fully saturated rings. The van der Waals surface area contributed by atoms with Crippen molar-refractivity contribution in [2.24, 2.45) is 0 Å². The number of ether oxygens (including phenoxy) is 8. The monoisotopic (exact) mass is 975 g/mol. The van der Waals surface area contributed by atoms with Crippen molar-refractivity contribution in [2.45, 2.75) is 111 Å². The molecule has 3 aromatic carbocycles. The number of nitrogens with zero attached hydrogens (tertiary/aromatic N) is 2. The maximum atomic E-state index is 14.1. The number of carbonyl (C=O) groups is 3. The minimum atomic E-state index is -2.03. The predicted molar refractivity (Wildman–Crippen MR) is 268 cm³/mol. The van der Waals surface area contributed by atoms with Crippen LogP contribution >= 0.6 is 0 Å². The molecule has 69 heavy (non-hydrogen) atoms. The van der Waals surface area contributed by atoms with Gasteiger partial charge in [0.1, 0.15) is 37.9 Å². The highest BCUT2D eigenvalue weighted by atomic mass is 28.4. The summed E-state index contributed by atoms with van der Waals surface area (Å²) in [5, 5.41) is 0.0475. The van der Waals surface area contributed by atoms with Crippen LogP contribution < -0.4 is 30.4 Å². The predicted octanol–water partition coefficient (Wildman–Crippen LogP) is 8.60. The Balaban J connectivity index is 1.28. The molecule has 0 saturated carbocycles. The number of rotatable bonds is 25. The lowest BCUT2D eigenvalue weighted by atomic mass is 10.1. The van der Waals surface area contributed by atoms with E-state index in [-0.39, 0.29) is 67.7 Å². The number of esters is 1. The number of benzene rings is 3. The molecule has 0 bridgehead atoms. The number of hydrogen-bond donors (Lipinski definition) is 2. The third-order valence-corrected chi connectivity index (χ3v) is 17.2. The average molecular weight is 975 g/mol. The first-order valence-corrected chi connectivity index (χ1v) is 26.5. The summed E-state index contributed by atoms with van der Waals surface area (Å²) in [7, 11) is 0.790. The van der Waals surface area contributed by atoms with E-state index < -0.39 is 14.3 Å². The van der Waals surface area contributed by atoms with Gasteiger partial charge in [-0.1, -0.05) is 38.8 Å². The van der Waals surface area contributed by atoms with E-state index in [0.29, 0.717) is 72.8 Å². The molecule has 0 radical (unpaired) electrons.